The van der Waals surface area contributed by atoms with E-state index in [4.69, 9.17) is 0 Å². The average Bonchev–Trinajstić information content (AvgIpc) is 3.55. The van der Waals surface area contributed by atoms with Gasteiger partial charge in [0.1, 0.15) is 0 Å². The molecule has 0 saturated carbocycles. The molecule has 3 heteroatoms. The van der Waals surface area contributed by atoms with E-state index in [-0.39, 0.29) is 5.41 Å². The van der Waals surface area contributed by atoms with E-state index in [1.165, 1.54) is 76.2 Å². The van der Waals surface area contributed by atoms with Gasteiger partial charge in [0.25, 0.3) is 0 Å². The average molecular weight is 597 g/mol. The van der Waals surface area contributed by atoms with Crippen molar-refractivity contribution in [1.29, 1.82) is 0 Å². The molecule has 2 aliphatic rings. The molecule has 1 aromatic heterocycles. The summed E-state index contributed by atoms with van der Waals surface area (Å²) in [5, 5.41) is 7.71. The molecule has 9 rings (SSSR count). The van der Waals surface area contributed by atoms with Crippen LogP contribution in [0.1, 0.15) is 29.9 Å². The van der Waals surface area contributed by atoms with Crippen molar-refractivity contribution in [1.82, 2.24) is 0 Å². The Morgan fingerprint density at radius 3 is 2.11 bits per heavy atom. The van der Waals surface area contributed by atoms with Crippen LogP contribution in [0, 0.1) is 0 Å². The van der Waals surface area contributed by atoms with Crippen LogP contribution in [0.4, 0.5) is 17.1 Å². The molecule has 0 amide bonds. The number of hydrogen-bond acceptors (Lipinski definition) is 3. The highest BCUT2D eigenvalue weighted by Crippen LogP contribution is 2.51. The lowest BCUT2D eigenvalue weighted by Gasteiger charge is -2.32. The third-order valence-electron chi connectivity index (χ3n) is 9.67. The van der Waals surface area contributed by atoms with Crippen LogP contribution in [0.3, 0.4) is 0 Å². The number of nitrogens with zero attached hydrogens (tertiary/aromatic N) is 1. The van der Waals surface area contributed by atoms with E-state index in [2.05, 4.69) is 164 Å². The van der Waals surface area contributed by atoms with Gasteiger partial charge in [0.05, 0.1) is 17.1 Å². The second-order valence-corrected chi connectivity index (χ2v) is 13.8. The van der Waals surface area contributed by atoms with Gasteiger partial charge in [0, 0.05) is 32.6 Å². The first-order chi connectivity index (χ1) is 22.0. The van der Waals surface area contributed by atoms with E-state index in [1.54, 1.807) is 0 Å². The quantitative estimate of drug-likeness (QED) is 0.217. The van der Waals surface area contributed by atoms with E-state index in [1.807, 2.05) is 11.3 Å². The third kappa shape index (κ3) is 4.15. The molecule has 0 radical (unpaired) electrons. The Morgan fingerprint density at radius 1 is 0.622 bits per heavy atom. The van der Waals surface area contributed by atoms with Gasteiger partial charge in [-0.1, -0.05) is 111 Å². The number of hydrogen-bond donors (Lipinski definition) is 1. The minimum absolute atomic E-state index is 0.0649. The van der Waals surface area contributed by atoms with E-state index < -0.39 is 0 Å². The number of benzene rings is 6. The fourth-order valence-electron chi connectivity index (χ4n) is 7.36. The molecule has 6 aromatic carbocycles. The summed E-state index contributed by atoms with van der Waals surface area (Å²) in [6.45, 7) is 5.46. The topological polar surface area (TPSA) is 15.3 Å². The van der Waals surface area contributed by atoms with Crippen molar-refractivity contribution in [2.24, 2.45) is 0 Å². The number of anilines is 3. The monoisotopic (exact) mass is 596 g/mol. The summed E-state index contributed by atoms with van der Waals surface area (Å²) in [5.41, 5.74) is 12.7. The lowest BCUT2D eigenvalue weighted by Crippen LogP contribution is -2.25. The second kappa shape index (κ2) is 9.95. The van der Waals surface area contributed by atoms with Crippen LogP contribution < -0.4 is 10.2 Å². The van der Waals surface area contributed by atoms with Crippen LogP contribution in [-0.4, -0.2) is 6.54 Å². The zero-order valence-electron chi connectivity index (χ0n) is 25.3. The highest BCUT2D eigenvalue weighted by atomic mass is 32.1. The lowest BCUT2D eigenvalue weighted by atomic mass is 9.82. The first-order valence-corrected chi connectivity index (χ1v) is 16.5. The largest absolute Gasteiger partial charge is 0.378 e. The summed E-state index contributed by atoms with van der Waals surface area (Å²) in [4.78, 5) is 3.73. The molecule has 45 heavy (non-hydrogen) atoms. The Balaban J connectivity index is 1.19. The number of nitrogens with one attached hydrogen (secondary N) is 1. The predicted octanol–water partition coefficient (Wildman–Crippen LogP) is 11.6. The molecular weight excluding hydrogens is 565 g/mol. The number of rotatable bonds is 4. The normalized spacial score (nSPS) is 14.4. The standard InChI is InChI=1S/C42H32N2S/c1-42(2)37-15-9-8-14-34(37)35-21-20-32(24-38(35)42)44(31-18-16-28(17-19-31)27-10-4-3-5-11-27)33-25-40-41(43-26-33)36-22-29-12-6-7-13-30(29)23-39(36)45-40/h3-25,43H,26H2,1-2H3. The first-order valence-electron chi connectivity index (χ1n) is 15.6. The minimum Gasteiger partial charge on any atom is -0.378 e. The van der Waals surface area contributed by atoms with Crippen molar-refractivity contribution in [3.63, 3.8) is 0 Å². The lowest BCUT2D eigenvalue weighted by molar-refractivity contribution is 0.660. The molecule has 1 N–H and O–H groups in total. The van der Waals surface area contributed by atoms with Crippen LogP contribution in [0.5, 0.6) is 0 Å². The maximum atomic E-state index is 3.84. The molecule has 216 valence electrons. The maximum Gasteiger partial charge on any atom is 0.0607 e. The minimum atomic E-state index is -0.0649. The van der Waals surface area contributed by atoms with Crippen molar-refractivity contribution in [3.05, 3.63) is 155 Å². The summed E-state index contributed by atoms with van der Waals surface area (Å²) in [6.07, 6.45) is 2.40. The Bertz CT molecular complexity index is 2290. The summed E-state index contributed by atoms with van der Waals surface area (Å²) in [7, 11) is 0. The second-order valence-electron chi connectivity index (χ2n) is 12.7. The molecule has 0 fully saturated rings. The van der Waals surface area contributed by atoms with E-state index >= 15 is 0 Å². The molecule has 7 aromatic rings. The van der Waals surface area contributed by atoms with Crippen molar-refractivity contribution in [2.75, 3.05) is 16.8 Å². The fourth-order valence-corrected chi connectivity index (χ4v) is 8.53. The number of thiophene rings is 1. The molecule has 0 spiro atoms. The van der Waals surface area contributed by atoms with Gasteiger partial charge in [-0.05, 0) is 86.6 Å². The Morgan fingerprint density at radius 2 is 1.29 bits per heavy atom. The zero-order valence-corrected chi connectivity index (χ0v) is 26.2. The van der Waals surface area contributed by atoms with Gasteiger partial charge in [0.15, 0.2) is 0 Å². The molecule has 0 unspecified atom stereocenters. The molecular formula is C42H32N2S. The van der Waals surface area contributed by atoms with Gasteiger partial charge in [-0.25, -0.2) is 0 Å². The maximum absolute atomic E-state index is 3.84. The van der Waals surface area contributed by atoms with Crippen LogP contribution in [0.25, 0.3) is 49.2 Å². The van der Waals surface area contributed by atoms with Crippen molar-refractivity contribution in [2.45, 2.75) is 19.3 Å². The van der Waals surface area contributed by atoms with Crippen LogP contribution in [0.15, 0.2) is 139 Å². The summed E-state index contributed by atoms with van der Waals surface area (Å²) >= 11 is 1.87. The third-order valence-corrected chi connectivity index (χ3v) is 10.8. The van der Waals surface area contributed by atoms with Crippen LogP contribution >= 0.6 is 11.3 Å². The molecule has 1 aliphatic carbocycles. The molecule has 0 bridgehead atoms. The van der Waals surface area contributed by atoms with Crippen molar-refractivity contribution < 1.29 is 0 Å². The highest BCUT2D eigenvalue weighted by Gasteiger charge is 2.36. The van der Waals surface area contributed by atoms with Crippen molar-refractivity contribution >= 4 is 55.3 Å². The molecule has 2 heterocycles. The fraction of sp³-hybridized carbons (Fsp3) is 0.0952. The van der Waals surface area contributed by atoms with Gasteiger partial charge >= 0.3 is 0 Å². The SMILES string of the molecule is CC1(C)c2ccccc2-c2ccc(N(C3=Cc4sc5cc6ccccc6cc5c4NC3)c3ccc(-c4ccccc4)cc3)cc21. The summed E-state index contributed by atoms with van der Waals surface area (Å²) in [5.74, 6) is 0. The van der Waals surface area contributed by atoms with Gasteiger partial charge in [-0.3, -0.25) is 0 Å². The molecule has 0 atom stereocenters. The molecule has 0 saturated heterocycles. The molecule has 1 aliphatic heterocycles. The number of fused-ring (bicyclic) bond motifs is 7. The predicted molar refractivity (Wildman–Crippen MR) is 194 cm³/mol. The smallest absolute Gasteiger partial charge is 0.0607 e. The Labute approximate surface area is 267 Å². The first kappa shape index (κ1) is 26.3. The Hall–Kier alpha value is -5.12. The Kier molecular flexibility index (Phi) is 5.81. The molecule has 2 nitrogen and oxygen atoms in total. The van der Waals surface area contributed by atoms with E-state index in [9.17, 15) is 0 Å². The van der Waals surface area contributed by atoms with Crippen LogP contribution in [0.2, 0.25) is 0 Å². The highest BCUT2D eigenvalue weighted by molar-refractivity contribution is 7.20. The van der Waals surface area contributed by atoms with E-state index in [0.717, 1.165) is 12.2 Å². The van der Waals surface area contributed by atoms with Gasteiger partial charge < -0.3 is 10.2 Å². The van der Waals surface area contributed by atoms with Crippen LogP contribution in [-0.2, 0) is 5.41 Å². The van der Waals surface area contributed by atoms with Gasteiger partial charge in [-0.15, -0.1) is 11.3 Å². The zero-order chi connectivity index (χ0) is 30.1. The van der Waals surface area contributed by atoms with Crippen molar-refractivity contribution in [3.8, 4) is 22.3 Å². The van der Waals surface area contributed by atoms with Gasteiger partial charge in [0.2, 0.25) is 0 Å². The van der Waals surface area contributed by atoms with Gasteiger partial charge in [-0.2, -0.15) is 0 Å². The summed E-state index contributed by atoms with van der Waals surface area (Å²) < 4.78 is 1.32. The summed E-state index contributed by atoms with van der Waals surface area (Å²) in [6, 6.07) is 48.9. The van der Waals surface area contributed by atoms with E-state index in [0.29, 0.717) is 0 Å².